The molecule has 34 heavy (non-hydrogen) atoms. The molecule has 0 unspecified atom stereocenters. The summed E-state index contributed by atoms with van der Waals surface area (Å²) >= 11 is 0. The lowest BCUT2D eigenvalue weighted by Crippen LogP contribution is -2.62. The second kappa shape index (κ2) is 15.2. The maximum absolute atomic E-state index is 11.1. The highest BCUT2D eigenvalue weighted by Gasteiger charge is 2.49. The van der Waals surface area contributed by atoms with Gasteiger partial charge in [0.2, 0.25) is 0 Å². The first-order chi connectivity index (χ1) is 16.3. The minimum Gasteiger partial charge on any atom is -0.469 e. The van der Waals surface area contributed by atoms with Crippen LogP contribution in [0.15, 0.2) is 0 Å². The molecule has 12 nitrogen and oxygen atoms in total. The van der Waals surface area contributed by atoms with Gasteiger partial charge in [-0.05, 0) is 12.8 Å². The number of aliphatic hydroxyl groups excluding tert-OH is 6. The molecule has 0 aliphatic carbocycles. The molecule has 12 heteroatoms. The van der Waals surface area contributed by atoms with E-state index in [0.717, 1.165) is 32.1 Å². The molecular weight excluding hydrogens is 456 g/mol. The van der Waals surface area contributed by atoms with Crippen LogP contribution in [0.2, 0.25) is 0 Å². The van der Waals surface area contributed by atoms with Crippen molar-refractivity contribution in [1.29, 1.82) is 0 Å². The van der Waals surface area contributed by atoms with Crippen molar-refractivity contribution < 1.29 is 59.1 Å². The van der Waals surface area contributed by atoms with Gasteiger partial charge in [-0.1, -0.05) is 25.7 Å². The topological polar surface area (TPSA) is 185 Å². The number of carbonyl (C=O) groups excluding carboxylic acids is 1. The number of aliphatic hydroxyl groups is 6. The van der Waals surface area contributed by atoms with Crippen molar-refractivity contribution in [1.82, 2.24) is 0 Å². The van der Waals surface area contributed by atoms with Crippen molar-refractivity contribution in [2.75, 3.05) is 26.9 Å². The molecule has 0 amide bonds. The number of hydrogen-bond acceptors (Lipinski definition) is 12. The number of esters is 1. The van der Waals surface area contributed by atoms with Crippen LogP contribution in [0, 0.1) is 0 Å². The highest BCUT2D eigenvalue weighted by molar-refractivity contribution is 5.68. The number of methoxy groups -OCH3 is 1. The quantitative estimate of drug-likeness (QED) is 0.122. The van der Waals surface area contributed by atoms with E-state index in [0.29, 0.717) is 12.8 Å². The smallest absolute Gasteiger partial charge is 0.305 e. The first-order valence-corrected chi connectivity index (χ1v) is 11.9. The van der Waals surface area contributed by atoms with E-state index in [-0.39, 0.29) is 19.0 Å². The Kier molecular flexibility index (Phi) is 13.1. The standard InChI is InChI=1S/C22H40O12/c1-30-16(26)8-6-4-2-3-5-7-9-31-22-20(19(29)18(28)15(12-24)33-22)34-21-17(27)14(25)10-13(11-23)32-21/h13-15,17-25,27-29H,2-12H2,1H3/t13-,14-,15+,17+,18+,19-,20+,21-,22-/m0/s1. The second-order valence-corrected chi connectivity index (χ2v) is 8.73. The van der Waals surface area contributed by atoms with Crippen LogP contribution in [-0.4, -0.2) is 119 Å². The van der Waals surface area contributed by atoms with Gasteiger partial charge in [-0.15, -0.1) is 0 Å². The van der Waals surface area contributed by atoms with Gasteiger partial charge in [-0.25, -0.2) is 0 Å². The Morgan fingerprint density at radius 3 is 2.18 bits per heavy atom. The second-order valence-electron chi connectivity index (χ2n) is 8.73. The molecule has 0 radical (unpaired) electrons. The van der Waals surface area contributed by atoms with E-state index < -0.39 is 68.5 Å². The van der Waals surface area contributed by atoms with Gasteiger partial charge in [-0.3, -0.25) is 4.79 Å². The third-order valence-electron chi connectivity index (χ3n) is 6.11. The first kappa shape index (κ1) is 29.3. The lowest BCUT2D eigenvalue weighted by Gasteiger charge is -2.45. The zero-order chi connectivity index (χ0) is 25.1. The molecule has 0 bridgehead atoms. The Morgan fingerprint density at radius 1 is 0.853 bits per heavy atom. The molecule has 2 aliphatic rings. The van der Waals surface area contributed by atoms with Crippen molar-refractivity contribution in [3.63, 3.8) is 0 Å². The Labute approximate surface area is 199 Å². The minimum atomic E-state index is -1.52. The SMILES string of the molecule is COC(=O)CCCCCCCCO[C@H]1O[C@H](CO)[C@@H](O)[C@H](O)[C@H]1O[C@@H]1O[C@H](CO)C[C@H](O)[C@H]1O. The number of rotatable bonds is 14. The molecule has 6 N–H and O–H groups in total. The fraction of sp³-hybridized carbons (Fsp3) is 0.955. The van der Waals surface area contributed by atoms with E-state index in [9.17, 15) is 35.4 Å². The summed E-state index contributed by atoms with van der Waals surface area (Å²) in [7, 11) is 1.37. The zero-order valence-corrected chi connectivity index (χ0v) is 19.6. The maximum atomic E-state index is 11.1. The third kappa shape index (κ3) is 8.63. The number of carbonyl (C=O) groups is 1. The van der Waals surface area contributed by atoms with E-state index in [2.05, 4.69) is 4.74 Å². The van der Waals surface area contributed by atoms with Gasteiger partial charge in [0.05, 0.1) is 32.5 Å². The third-order valence-corrected chi connectivity index (χ3v) is 6.11. The number of ether oxygens (including phenoxy) is 5. The van der Waals surface area contributed by atoms with Crippen LogP contribution >= 0.6 is 0 Å². The van der Waals surface area contributed by atoms with E-state index in [1.807, 2.05) is 0 Å². The van der Waals surface area contributed by atoms with Crippen LogP contribution < -0.4 is 0 Å². The highest BCUT2D eigenvalue weighted by atomic mass is 16.8. The van der Waals surface area contributed by atoms with Crippen molar-refractivity contribution >= 4 is 5.97 Å². The van der Waals surface area contributed by atoms with Crippen LogP contribution in [-0.2, 0) is 28.5 Å². The van der Waals surface area contributed by atoms with Crippen LogP contribution in [0.25, 0.3) is 0 Å². The molecule has 2 heterocycles. The van der Waals surface area contributed by atoms with Gasteiger partial charge in [0, 0.05) is 19.4 Å². The van der Waals surface area contributed by atoms with Crippen LogP contribution in [0.1, 0.15) is 51.4 Å². The molecular formula is C22H40O12. The molecule has 2 fully saturated rings. The molecule has 2 aliphatic heterocycles. The van der Waals surface area contributed by atoms with Gasteiger partial charge in [-0.2, -0.15) is 0 Å². The molecule has 2 saturated heterocycles. The van der Waals surface area contributed by atoms with E-state index in [1.54, 1.807) is 0 Å². The first-order valence-electron chi connectivity index (χ1n) is 11.9. The fourth-order valence-corrected chi connectivity index (χ4v) is 4.02. The summed E-state index contributed by atoms with van der Waals surface area (Å²) in [4.78, 5) is 11.1. The molecule has 0 aromatic rings. The Bertz CT molecular complexity index is 578. The lowest BCUT2D eigenvalue weighted by atomic mass is 9.98. The highest BCUT2D eigenvalue weighted by Crippen LogP contribution is 2.29. The average Bonchev–Trinajstić information content (AvgIpc) is 2.84. The van der Waals surface area contributed by atoms with Crippen molar-refractivity contribution in [2.24, 2.45) is 0 Å². The Morgan fingerprint density at radius 2 is 1.53 bits per heavy atom. The summed E-state index contributed by atoms with van der Waals surface area (Å²) in [5.41, 5.74) is 0. The van der Waals surface area contributed by atoms with Crippen molar-refractivity contribution in [3.05, 3.63) is 0 Å². The predicted molar refractivity (Wildman–Crippen MR) is 115 cm³/mol. The van der Waals surface area contributed by atoms with Crippen LogP contribution in [0.5, 0.6) is 0 Å². The molecule has 0 spiro atoms. The molecule has 0 aromatic carbocycles. The van der Waals surface area contributed by atoms with Gasteiger partial charge in [0.25, 0.3) is 0 Å². The van der Waals surface area contributed by atoms with E-state index in [1.165, 1.54) is 7.11 Å². The van der Waals surface area contributed by atoms with Crippen LogP contribution in [0.4, 0.5) is 0 Å². The summed E-state index contributed by atoms with van der Waals surface area (Å²) in [5.74, 6) is -0.210. The summed E-state index contributed by atoms with van der Waals surface area (Å²) in [6.07, 6.45) is -5.77. The van der Waals surface area contributed by atoms with Crippen molar-refractivity contribution in [3.8, 4) is 0 Å². The van der Waals surface area contributed by atoms with Crippen molar-refractivity contribution in [2.45, 2.75) is 107 Å². The van der Waals surface area contributed by atoms with Gasteiger partial charge in [0.1, 0.15) is 30.5 Å². The predicted octanol–water partition coefficient (Wildman–Crippen LogP) is -1.44. The fourth-order valence-electron chi connectivity index (χ4n) is 4.02. The average molecular weight is 497 g/mol. The van der Waals surface area contributed by atoms with E-state index >= 15 is 0 Å². The molecule has 200 valence electrons. The zero-order valence-electron chi connectivity index (χ0n) is 19.6. The normalized spacial score (nSPS) is 36.4. The number of unbranched alkanes of at least 4 members (excludes halogenated alkanes) is 5. The Hall–Kier alpha value is -0.930. The summed E-state index contributed by atoms with van der Waals surface area (Å²) < 4.78 is 27.0. The summed E-state index contributed by atoms with van der Waals surface area (Å²) in [6.45, 7) is -0.695. The summed E-state index contributed by atoms with van der Waals surface area (Å²) in [6, 6.07) is 0. The Balaban J connectivity index is 1.83. The maximum Gasteiger partial charge on any atom is 0.305 e. The molecule has 0 aromatic heterocycles. The molecule has 2 rings (SSSR count). The molecule has 9 atom stereocenters. The van der Waals surface area contributed by atoms with Gasteiger partial charge < -0.3 is 54.3 Å². The lowest BCUT2D eigenvalue weighted by molar-refractivity contribution is -0.358. The monoisotopic (exact) mass is 496 g/mol. The minimum absolute atomic E-state index is 0.0130. The summed E-state index contributed by atoms with van der Waals surface area (Å²) in [5, 5.41) is 59.8. The van der Waals surface area contributed by atoms with E-state index in [4.69, 9.17) is 18.9 Å². The number of hydrogen-bond donors (Lipinski definition) is 6. The van der Waals surface area contributed by atoms with Gasteiger partial charge in [0.15, 0.2) is 12.6 Å². The largest absolute Gasteiger partial charge is 0.469 e. The molecule has 0 saturated carbocycles. The van der Waals surface area contributed by atoms with Gasteiger partial charge >= 0.3 is 5.97 Å². The van der Waals surface area contributed by atoms with Crippen LogP contribution in [0.3, 0.4) is 0 Å².